The summed E-state index contributed by atoms with van der Waals surface area (Å²) >= 11 is 0. The lowest BCUT2D eigenvalue weighted by Gasteiger charge is -2.43. The third kappa shape index (κ3) is 3.47. The van der Waals surface area contributed by atoms with Gasteiger partial charge in [-0.05, 0) is 49.8 Å². The van der Waals surface area contributed by atoms with Gasteiger partial charge in [0.2, 0.25) is 5.91 Å². The highest BCUT2D eigenvalue weighted by Crippen LogP contribution is 2.43. The SMILES string of the molecule is CCOc1ccc(CN2C[C@@H]3CCN(C(=O)C4CC4)C[C@]3(CO)C2)cc1. The molecular weight excluding hydrogens is 328 g/mol. The predicted octanol–water partition coefficient (Wildman–Crippen LogP) is 2.14. The van der Waals surface area contributed by atoms with Crippen LogP contribution >= 0.6 is 0 Å². The molecule has 1 aliphatic carbocycles. The van der Waals surface area contributed by atoms with Crippen LogP contribution in [-0.2, 0) is 11.3 Å². The molecule has 0 bridgehead atoms. The number of carbonyl (C=O) groups excluding carboxylic acids is 1. The van der Waals surface area contributed by atoms with Crippen LogP contribution in [0.3, 0.4) is 0 Å². The lowest BCUT2D eigenvalue weighted by molar-refractivity contribution is -0.137. The van der Waals surface area contributed by atoms with E-state index in [0.29, 0.717) is 18.4 Å². The molecule has 5 nitrogen and oxygen atoms in total. The number of rotatable bonds is 6. The second-order valence-corrected chi connectivity index (χ2v) is 8.29. The average molecular weight is 358 g/mol. The monoisotopic (exact) mass is 358 g/mol. The first kappa shape index (κ1) is 17.8. The molecule has 0 unspecified atom stereocenters. The summed E-state index contributed by atoms with van der Waals surface area (Å²) in [4.78, 5) is 17.0. The molecule has 142 valence electrons. The van der Waals surface area contributed by atoms with Gasteiger partial charge in [-0.2, -0.15) is 0 Å². The molecule has 26 heavy (non-hydrogen) atoms. The van der Waals surface area contributed by atoms with E-state index in [0.717, 1.165) is 57.7 Å². The summed E-state index contributed by atoms with van der Waals surface area (Å²) in [6.45, 7) is 7.21. The highest BCUT2D eigenvalue weighted by atomic mass is 16.5. The topological polar surface area (TPSA) is 53.0 Å². The summed E-state index contributed by atoms with van der Waals surface area (Å²) in [6.07, 6.45) is 3.11. The van der Waals surface area contributed by atoms with Crippen LogP contribution in [0.1, 0.15) is 31.7 Å². The number of likely N-dealkylation sites (tertiary alicyclic amines) is 2. The summed E-state index contributed by atoms with van der Waals surface area (Å²) < 4.78 is 5.52. The number of fused-ring (bicyclic) bond motifs is 1. The van der Waals surface area contributed by atoms with Crippen LogP contribution in [0.15, 0.2) is 24.3 Å². The molecule has 0 radical (unpaired) electrons. The van der Waals surface area contributed by atoms with Gasteiger partial charge in [0.05, 0.1) is 13.2 Å². The maximum absolute atomic E-state index is 12.5. The van der Waals surface area contributed by atoms with Crippen molar-refractivity contribution in [2.24, 2.45) is 17.3 Å². The molecule has 2 saturated heterocycles. The quantitative estimate of drug-likeness (QED) is 0.847. The Bertz CT molecular complexity index is 643. The van der Waals surface area contributed by atoms with Crippen molar-refractivity contribution in [3.05, 3.63) is 29.8 Å². The first-order valence-electron chi connectivity index (χ1n) is 9.97. The van der Waals surface area contributed by atoms with E-state index < -0.39 is 0 Å². The van der Waals surface area contributed by atoms with Gasteiger partial charge < -0.3 is 14.7 Å². The smallest absolute Gasteiger partial charge is 0.225 e. The van der Waals surface area contributed by atoms with Gasteiger partial charge in [0.15, 0.2) is 0 Å². The molecule has 1 amide bonds. The first-order valence-corrected chi connectivity index (χ1v) is 9.97. The van der Waals surface area contributed by atoms with Gasteiger partial charge in [-0.3, -0.25) is 9.69 Å². The second kappa shape index (κ2) is 7.20. The molecular formula is C21H30N2O3. The Morgan fingerprint density at radius 1 is 1.23 bits per heavy atom. The first-order chi connectivity index (χ1) is 12.6. The van der Waals surface area contributed by atoms with Gasteiger partial charge in [0.25, 0.3) is 0 Å². The molecule has 2 aliphatic heterocycles. The largest absolute Gasteiger partial charge is 0.494 e. The van der Waals surface area contributed by atoms with Crippen LogP contribution in [0.4, 0.5) is 0 Å². The molecule has 2 atom stereocenters. The van der Waals surface area contributed by atoms with Crippen LogP contribution in [0.2, 0.25) is 0 Å². The highest BCUT2D eigenvalue weighted by molar-refractivity contribution is 5.81. The molecule has 1 aromatic rings. The van der Waals surface area contributed by atoms with E-state index in [9.17, 15) is 9.90 Å². The van der Waals surface area contributed by atoms with Crippen molar-refractivity contribution in [3.8, 4) is 5.75 Å². The number of benzene rings is 1. The Hall–Kier alpha value is -1.59. The third-order valence-electron chi connectivity index (χ3n) is 6.33. The third-order valence-corrected chi connectivity index (χ3v) is 6.33. The van der Waals surface area contributed by atoms with Crippen molar-refractivity contribution in [1.29, 1.82) is 0 Å². The summed E-state index contributed by atoms with van der Waals surface area (Å²) in [5.74, 6) is 1.98. The second-order valence-electron chi connectivity index (χ2n) is 8.29. The summed E-state index contributed by atoms with van der Waals surface area (Å²) in [7, 11) is 0. The molecule has 4 rings (SSSR count). The minimum absolute atomic E-state index is 0.145. The number of hydrogen-bond donors (Lipinski definition) is 1. The van der Waals surface area contributed by atoms with Gasteiger partial charge in [-0.15, -0.1) is 0 Å². The molecule has 3 aliphatic rings. The van der Waals surface area contributed by atoms with E-state index in [1.54, 1.807) is 0 Å². The Kier molecular flexibility index (Phi) is 4.93. The van der Waals surface area contributed by atoms with E-state index in [1.165, 1.54) is 5.56 Å². The molecule has 1 N–H and O–H groups in total. The van der Waals surface area contributed by atoms with Gasteiger partial charge in [0, 0.05) is 44.1 Å². The molecule has 2 heterocycles. The zero-order valence-electron chi connectivity index (χ0n) is 15.7. The predicted molar refractivity (Wildman–Crippen MR) is 99.8 cm³/mol. The number of carbonyl (C=O) groups is 1. The van der Waals surface area contributed by atoms with Crippen molar-refractivity contribution in [2.45, 2.75) is 32.7 Å². The van der Waals surface area contributed by atoms with Gasteiger partial charge >= 0.3 is 0 Å². The van der Waals surface area contributed by atoms with Crippen molar-refractivity contribution in [3.63, 3.8) is 0 Å². The van der Waals surface area contributed by atoms with Crippen LogP contribution < -0.4 is 4.74 Å². The van der Waals surface area contributed by atoms with Gasteiger partial charge in [-0.1, -0.05) is 12.1 Å². The maximum atomic E-state index is 12.5. The zero-order chi connectivity index (χ0) is 18.1. The summed E-state index contributed by atoms with van der Waals surface area (Å²) in [5.41, 5.74) is 1.12. The van der Waals surface area contributed by atoms with Crippen LogP contribution in [0.25, 0.3) is 0 Å². The molecule has 0 spiro atoms. The highest BCUT2D eigenvalue weighted by Gasteiger charge is 2.51. The fourth-order valence-corrected chi connectivity index (χ4v) is 4.73. The molecule has 1 aromatic carbocycles. The minimum Gasteiger partial charge on any atom is -0.494 e. The van der Waals surface area contributed by atoms with E-state index in [2.05, 4.69) is 17.0 Å². The number of piperidine rings is 1. The van der Waals surface area contributed by atoms with Crippen molar-refractivity contribution in [1.82, 2.24) is 9.80 Å². The fourth-order valence-electron chi connectivity index (χ4n) is 4.73. The van der Waals surface area contributed by atoms with Crippen LogP contribution in [0, 0.1) is 17.3 Å². The zero-order valence-corrected chi connectivity index (χ0v) is 15.7. The number of nitrogens with zero attached hydrogens (tertiary/aromatic N) is 2. The Morgan fingerprint density at radius 3 is 2.65 bits per heavy atom. The fraction of sp³-hybridized carbons (Fsp3) is 0.667. The van der Waals surface area contributed by atoms with E-state index in [-0.39, 0.29) is 17.9 Å². The maximum Gasteiger partial charge on any atom is 0.225 e. The van der Waals surface area contributed by atoms with Crippen molar-refractivity contribution in [2.75, 3.05) is 39.4 Å². The average Bonchev–Trinajstić information content (AvgIpc) is 3.44. The molecule has 5 heteroatoms. The molecule has 3 fully saturated rings. The number of amides is 1. The minimum atomic E-state index is -0.145. The number of hydrogen-bond acceptors (Lipinski definition) is 4. The number of aliphatic hydroxyl groups is 1. The Morgan fingerprint density at radius 2 is 2.00 bits per heavy atom. The summed E-state index contributed by atoms with van der Waals surface area (Å²) in [6, 6.07) is 8.31. The van der Waals surface area contributed by atoms with Crippen molar-refractivity contribution >= 4 is 5.91 Å². The number of ether oxygens (including phenoxy) is 1. The molecule has 1 saturated carbocycles. The Labute approximate surface area is 155 Å². The van der Waals surface area contributed by atoms with Crippen LogP contribution in [-0.4, -0.2) is 60.2 Å². The summed E-state index contributed by atoms with van der Waals surface area (Å²) in [5, 5.41) is 10.2. The lowest BCUT2D eigenvalue weighted by Crippen LogP contribution is -2.53. The van der Waals surface area contributed by atoms with Gasteiger partial charge in [-0.25, -0.2) is 0 Å². The Balaban J connectivity index is 1.40. The lowest BCUT2D eigenvalue weighted by atomic mass is 9.74. The van der Waals surface area contributed by atoms with E-state index in [1.807, 2.05) is 24.0 Å². The normalized spacial score (nSPS) is 28.8. The number of aliphatic hydroxyl groups excluding tert-OH is 1. The van der Waals surface area contributed by atoms with E-state index >= 15 is 0 Å². The van der Waals surface area contributed by atoms with E-state index in [4.69, 9.17) is 4.74 Å². The molecule has 0 aromatic heterocycles. The standard InChI is InChI=1S/C21H30N2O3/c1-2-26-19-7-3-16(4-8-19)11-22-12-18-9-10-23(20(25)17-5-6-17)14-21(18,13-22)15-24/h3-4,7-8,17-18,24H,2,5-6,9-15H2,1H3/t18-,21-/m0/s1. The van der Waals surface area contributed by atoms with Crippen molar-refractivity contribution < 1.29 is 14.6 Å². The van der Waals surface area contributed by atoms with Crippen LogP contribution in [0.5, 0.6) is 5.75 Å². The van der Waals surface area contributed by atoms with Gasteiger partial charge in [0.1, 0.15) is 5.75 Å².